The third-order valence-electron chi connectivity index (χ3n) is 3.61. The number of aromatic hydroxyl groups is 1. The number of unbranched alkanes of at least 4 members (excludes halogenated alkanes) is 3. The number of carbonyl (C=O) groups is 1. The average Bonchev–Trinajstić information content (AvgIpc) is 2.60. The fourth-order valence-corrected chi connectivity index (χ4v) is 2.16. The standard InChI is InChI=1S/C19H30O5/c1-4-7-8-9-14-22-17(5-2)23-18(6-3)24-19(21)15-10-12-16(20)13-11-15/h10-13,17-18,20H,4-9,14H2,1-3H3. The zero-order valence-corrected chi connectivity index (χ0v) is 15.0. The van der Waals surface area contributed by atoms with Crippen molar-refractivity contribution in [2.24, 2.45) is 0 Å². The molecule has 1 aromatic rings. The Morgan fingerprint density at radius 2 is 1.67 bits per heavy atom. The van der Waals surface area contributed by atoms with Gasteiger partial charge in [0.05, 0.1) is 5.56 Å². The van der Waals surface area contributed by atoms with Crippen LogP contribution in [0.25, 0.3) is 0 Å². The minimum Gasteiger partial charge on any atom is -0.508 e. The van der Waals surface area contributed by atoms with Crippen molar-refractivity contribution in [3.05, 3.63) is 29.8 Å². The van der Waals surface area contributed by atoms with Gasteiger partial charge in [-0.25, -0.2) is 4.79 Å². The molecule has 0 aromatic heterocycles. The van der Waals surface area contributed by atoms with E-state index < -0.39 is 12.3 Å². The number of benzene rings is 1. The summed E-state index contributed by atoms with van der Waals surface area (Å²) >= 11 is 0. The van der Waals surface area contributed by atoms with Gasteiger partial charge < -0.3 is 19.3 Å². The second-order valence-corrected chi connectivity index (χ2v) is 5.70. The van der Waals surface area contributed by atoms with Gasteiger partial charge in [-0.15, -0.1) is 0 Å². The monoisotopic (exact) mass is 338 g/mol. The Kier molecular flexibility index (Phi) is 10.1. The van der Waals surface area contributed by atoms with Crippen LogP contribution in [0.5, 0.6) is 5.75 Å². The molecule has 0 aliphatic carbocycles. The first-order valence-electron chi connectivity index (χ1n) is 8.87. The SMILES string of the molecule is CCCCCCOC(CC)OC(CC)OC(=O)c1ccc(O)cc1. The Labute approximate surface area is 144 Å². The molecular weight excluding hydrogens is 308 g/mol. The summed E-state index contributed by atoms with van der Waals surface area (Å²) in [7, 11) is 0. The van der Waals surface area contributed by atoms with Gasteiger partial charge in [0.1, 0.15) is 5.75 Å². The van der Waals surface area contributed by atoms with Crippen LogP contribution in [0.2, 0.25) is 0 Å². The Balaban J connectivity index is 2.43. The minimum absolute atomic E-state index is 0.109. The van der Waals surface area contributed by atoms with E-state index in [4.69, 9.17) is 14.2 Å². The van der Waals surface area contributed by atoms with Gasteiger partial charge >= 0.3 is 5.97 Å². The molecule has 0 fully saturated rings. The number of phenols is 1. The van der Waals surface area contributed by atoms with Crippen molar-refractivity contribution in [1.82, 2.24) is 0 Å². The lowest BCUT2D eigenvalue weighted by molar-refractivity contribution is -0.229. The molecule has 5 heteroatoms. The molecule has 0 aliphatic rings. The number of carbonyl (C=O) groups excluding carboxylic acids is 1. The summed E-state index contributed by atoms with van der Waals surface area (Å²) in [6.07, 6.45) is 4.79. The van der Waals surface area contributed by atoms with E-state index in [2.05, 4.69) is 6.92 Å². The van der Waals surface area contributed by atoms with Gasteiger partial charge in [0, 0.05) is 13.0 Å². The highest BCUT2D eigenvalue weighted by molar-refractivity contribution is 5.89. The molecule has 0 heterocycles. The Morgan fingerprint density at radius 1 is 1.00 bits per heavy atom. The molecule has 0 spiro atoms. The second-order valence-electron chi connectivity index (χ2n) is 5.70. The van der Waals surface area contributed by atoms with E-state index in [9.17, 15) is 9.90 Å². The Morgan fingerprint density at radius 3 is 2.25 bits per heavy atom. The third kappa shape index (κ3) is 7.79. The molecule has 0 aliphatic heterocycles. The summed E-state index contributed by atoms with van der Waals surface area (Å²) in [5, 5.41) is 9.26. The highest BCUT2D eigenvalue weighted by atomic mass is 16.8. The predicted molar refractivity (Wildman–Crippen MR) is 92.9 cm³/mol. The second kappa shape index (κ2) is 11.9. The van der Waals surface area contributed by atoms with Gasteiger partial charge in [-0.05, 0) is 37.1 Å². The van der Waals surface area contributed by atoms with Gasteiger partial charge in [0.25, 0.3) is 0 Å². The van der Waals surface area contributed by atoms with Gasteiger partial charge in [-0.1, -0.05) is 40.0 Å². The number of hydrogen-bond donors (Lipinski definition) is 1. The zero-order chi connectivity index (χ0) is 17.8. The summed E-state index contributed by atoms with van der Waals surface area (Å²) in [4.78, 5) is 12.1. The summed E-state index contributed by atoms with van der Waals surface area (Å²) in [6, 6.07) is 5.94. The van der Waals surface area contributed by atoms with Crippen LogP contribution < -0.4 is 0 Å². The molecule has 1 aromatic carbocycles. The first kappa shape index (κ1) is 20.5. The Bertz CT molecular complexity index is 457. The molecule has 5 nitrogen and oxygen atoms in total. The molecular formula is C19H30O5. The van der Waals surface area contributed by atoms with Crippen LogP contribution in [0.4, 0.5) is 0 Å². The molecule has 0 saturated carbocycles. The lowest BCUT2D eigenvalue weighted by atomic mass is 10.2. The van der Waals surface area contributed by atoms with Crippen molar-refractivity contribution in [3.8, 4) is 5.75 Å². The minimum atomic E-state index is -0.646. The van der Waals surface area contributed by atoms with Gasteiger partial charge in [0.15, 0.2) is 6.29 Å². The van der Waals surface area contributed by atoms with Crippen LogP contribution in [0.1, 0.15) is 69.7 Å². The van der Waals surface area contributed by atoms with Crippen LogP contribution in [0.3, 0.4) is 0 Å². The van der Waals surface area contributed by atoms with Crippen molar-refractivity contribution in [2.75, 3.05) is 6.61 Å². The first-order valence-corrected chi connectivity index (χ1v) is 8.87. The maximum absolute atomic E-state index is 12.1. The van der Waals surface area contributed by atoms with E-state index in [0.717, 1.165) is 12.8 Å². The zero-order valence-electron chi connectivity index (χ0n) is 15.0. The molecule has 0 bridgehead atoms. The number of ether oxygens (including phenoxy) is 3. The van der Waals surface area contributed by atoms with E-state index in [0.29, 0.717) is 25.0 Å². The van der Waals surface area contributed by atoms with Crippen molar-refractivity contribution in [1.29, 1.82) is 0 Å². The molecule has 0 saturated heterocycles. The third-order valence-corrected chi connectivity index (χ3v) is 3.61. The molecule has 2 unspecified atom stereocenters. The molecule has 136 valence electrons. The van der Waals surface area contributed by atoms with Crippen LogP contribution >= 0.6 is 0 Å². The van der Waals surface area contributed by atoms with E-state index in [-0.39, 0.29) is 12.0 Å². The Hall–Kier alpha value is -1.59. The quantitative estimate of drug-likeness (QED) is 0.342. The molecule has 24 heavy (non-hydrogen) atoms. The molecule has 0 radical (unpaired) electrons. The summed E-state index contributed by atoms with van der Waals surface area (Å²) in [5.41, 5.74) is 0.378. The van der Waals surface area contributed by atoms with Crippen LogP contribution in [0.15, 0.2) is 24.3 Å². The van der Waals surface area contributed by atoms with E-state index in [1.807, 2.05) is 13.8 Å². The molecule has 1 N–H and O–H groups in total. The van der Waals surface area contributed by atoms with Crippen molar-refractivity contribution >= 4 is 5.97 Å². The van der Waals surface area contributed by atoms with Crippen LogP contribution in [0, 0.1) is 0 Å². The van der Waals surface area contributed by atoms with Crippen molar-refractivity contribution in [2.45, 2.75) is 71.9 Å². The van der Waals surface area contributed by atoms with Crippen LogP contribution in [-0.2, 0) is 14.2 Å². The van der Waals surface area contributed by atoms with Gasteiger partial charge in [-0.2, -0.15) is 0 Å². The van der Waals surface area contributed by atoms with Crippen LogP contribution in [-0.4, -0.2) is 30.3 Å². The largest absolute Gasteiger partial charge is 0.508 e. The first-order chi connectivity index (χ1) is 11.6. The summed E-state index contributed by atoms with van der Waals surface area (Å²) in [5.74, 6) is -0.364. The van der Waals surface area contributed by atoms with E-state index >= 15 is 0 Å². The van der Waals surface area contributed by atoms with Gasteiger partial charge in [-0.3, -0.25) is 0 Å². The molecule has 1 rings (SSSR count). The van der Waals surface area contributed by atoms with E-state index in [1.54, 1.807) is 0 Å². The number of rotatable bonds is 12. The smallest absolute Gasteiger partial charge is 0.340 e. The number of phenolic OH excluding ortho intramolecular Hbond substituents is 1. The number of esters is 1. The fourth-order valence-electron chi connectivity index (χ4n) is 2.16. The lowest BCUT2D eigenvalue weighted by Gasteiger charge is -2.23. The maximum Gasteiger partial charge on any atom is 0.340 e. The van der Waals surface area contributed by atoms with E-state index in [1.165, 1.54) is 37.1 Å². The van der Waals surface area contributed by atoms with Crippen molar-refractivity contribution < 1.29 is 24.1 Å². The summed E-state index contributed by atoms with van der Waals surface area (Å²) < 4.78 is 16.9. The predicted octanol–water partition coefficient (Wildman–Crippen LogP) is 4.63. The molecule has 2 atom stereocenters. The maximum atomic E-state index is 12.1. The number of hydrogen-bond acceptors (Lipinski definition) is 5. The van der Waals surface area contributed by atoms with Crippen molar-refractivity contribution in [3.63, 3.8) is 0 Å². The average molecular weight is 338 g/mol. The molecule has 0 amide bonds. The van der Waals surface area contributed by atoms with Gasteiger partial charge in [0.2, 0.25) is 6.29 Å². The summed E-state index contributed by atoms with van der Waals surface area (Å²) in [6.45, 7) is 6.70. The lowest BCUT2D eigenvalue weighted by Crippen LogP contribution is -2.28. The normalized spacial score (nSPS) is 13.5. The fraction of sp³-hybridized carbons (Fsp3) is 0.632. The highest BCUT2D eigenvalue weighted by Gasteiger charge is 2.19. The highest BCUT2D eigenvalue weighted by Crippen LogP contribution is 2.15. The topological polar surface area (TPSA) is 65.0 Å².